The van der Waals surface area contributed by atoms with E-state index in [1.807, 2.05) is 31.2 Å². The zero-order valence-corrected chi connectivity index (χ0v) is 19.9. The van der Waals surface area contributed by atoms with Gasteiger partial charge in [-0.3, -0.25) is 9.48 Å². The average Bonchev–Trinajstić information content (AvgIpc) is 3.18. The number of anilines is 1. The number of hydrogen-bond acceptors (Lipinski definition) is 5. The van der Waals surface area contributed by atoms with E-state index in [2.05, 4.69) is 20.4 Å². The number of carbonyl (C=O) groups is 1. The quantitative estimate of drug-likeness (QED) is 0.501. The third kappa shape index (κ3) is 5.47. The van der Waals surface area contributed by atoms with Gasteiger partial charge in [0, 0.05) is 31.8 Å². The van der Waals surface area contributed by atoms with Gasteiger partial charge in [0.25, 0.3) is 11.8 Å². The smallest absolute Gasteiger partial charge is 0.367 e. The van der Waals surface area contributed by atoms with Crippen molar-refractivity contribution < 1.29 is 26.7 Å². The molecule has 3 aromatic rings. The summed E-state index contributed by atoms with van der Waals surface area (Å²) >= 11 is 0. The summed E-state index contributed by atoms with van der Waals surface area (Å²) in [5.74, 6) is -4.32. The van der Waals surface area contributed by atoms with E-state index in [9.17, 15) is 26.7 Å². The second-order valence-electron chi connectivity index (χ2n) is 9.14. The molecule has 1 fully saturated rings. The highest BCUT2D eigenvalue weighted by Crippen LogP contribution is 2.36. The highest BCUT2D eigenvalue weighted by molar-refractivity contribution is 5.99. The van der Waals surface area contributed by atoms with Crippen molar-refractivity contribution >= 4 is 11.7 Å². The lowest BCUT2D eigenvalue weighted by molar-refractivity contribution is -0.141. The first-order valence-corrected chi connectivity index (χ1v) is 11.3. The molecule has 4 rings (SSSR count). The van der Waals surface area contributed by atoms with Crippen molar-refractivity contribution in [1.29, 1.82) is 0 Å². The molecule has 0 aliphatic carbocycles. The number of carbonyl (C=O) groups excluding carboxylic acids is 1. The molecule has 2 atom stereocenters. The third-order valence-corrected chi connectivity index (χ3v) is 6.14. The molecule has 7 nitrogen and oxygen atoms in total. The fourth-order valence-electron chi connectivity index (χ4n) is 4.46. The van der Waals surface area contributed by atoms with Crippen molar-refractivity contribution in [2.24, 2.45) is 13.0 Å². The Kier molecular flexibility index (Phi) is 6.72. The fraction of sp³-hybridized carbons (Fsp3) is 0.417. The van der Waals surface area contributed by atoms with E-state index >= 15 is 0 Å². The Bertz CT molecular complexity index is 1240. The van der Waals surface area contributed by atoms with Gasteiger partial charge < -0.3 is 10.2 Å². The molecule has 2 aromatic heterocycles. The van der Waals surface area contributed by atoms with Crippen LogP contribution in [0.25, 0.3) is 11.1 Å². The highest BCUT2D eigenvalue weighted by atomic mass is 19.4. The summed E-state index contributed by atoms with van der Waals surface area (Å²) < 4.78 is 68.9. The van der Waals surface area contributed by atoms with Crippen LogP contribution in [0.5, 0.6) is 0 Å². The van der Waals surface area contributed by atoms with Crippen LogP contribution in [0, 0.1) is 12.8 Å². The number of likely N-dealkylation sites (tertiary alicyclic amines) is 1. The molecule has 0 bridgehead atoms. The number of hydrogen-bond donors (Lipinski definition) is 1. The zero-order chi connectivity index (χ0) is 26.3. The van der Waals surface area contributed by atoms with Gasteiger partial charge in [-0.2, -0.15) is 18.3 Å². The number of nitrogens with one attached hydrogen (secondary N) is 1. The molecule has 192 valence electrons. The average molecular weight is 508 g/mol. The van der Waals surface area contributed by atoms with Crippen LogP contribution in [0.15, 0.2) is 42.9 Å². The summed E-state index contributed by atoms with van der Waals surface area (Å²) in [5, 5.41) is 7.12. The second kappa shape index (κ2) is 9.47. The lowest BCUT2D eigenvalue weighted by atomic mass is 9.88. The lowest BCUT2D eigenvalue weighted by Gasteiger charge is -2.43. The largest absolute Gasteiger partial charge is 0.434 e. The summed E-state index contributed by atoms with van der Waals surface area (Å²) in [4.78, 5) is 21.8. The second-order valence-corrected chi connectivity index (χ2v) is 9.14. The molecule has 1 aliphatic heterocycles. The van der Waals surface area contributed by atoms with Crippen molar-refractivity contribution in [2.45, 2.75) is 38.4 Å². The fourth-order valence-corrected chi connectivity index (χ4v) is 4.46. The Balaban J connectivity index is 1.61. The monoisotopic (exact) mass is 508 g/mol. The molecule has 1 saturated heterocycles. The predicted molar refractivity (Wildman–Crippen MR) is 122 cm³/mol. The van der Waals surface area contributed by atoms with Gasteiger partial charge in [-0.05, 0) is 18.4 Å². The molecule has 0 spiro atoms. The number of aryl methyl sites for hydroxylation is 2. The van der Waals surface area contributed by atoms with Crippen molar-refractivity contribution in [3.63, 3.8) is 0 Å². The first-order valence-electron chi connectivity index (χ1n) is 11.3. The van der Waals surface area contributed by atoms with Gasteiger partial charge in [0.1, 0.15) is 5.82 Å². The number of benzene rings is 1. The Hall–Kier alpha value is -3.57. The molecule has 1 aromatic carbocycles. The van der Waals surface area contributed by atoms with E-state index in [4.69, 9.17) is 0 Å². The Morgan fingerprint density at radius 3 is 2.61 bits per heavy atom. The number of nitrogens with zero attached hydrogens (tertiary/aromatic N) is 5. The summed E-state index contributed by atoms with van der Waals surface area (Å²) in [6.07, 6.45) is -1.89. The van der Waals surface area contributed by atoms with Crippen LogP contribution in [-0.2, 0) is 13.2 Å². The normalized spacial score (nSPS) is 19.8. The Morgan fingerprint density at radius 1 is 1.22 bits per heavy atom. The summed E-state index contributed by atoms with van der Waals surface area (Å²) in [6, 6.07) is 6.75. The maximum atomic E-state index is 14.6. The van der Waals surface area contributed by atoms with Crippen LogP contribution in [0.1, 0.15) is 35.1 Å². The van der Waals surface area contributed by atoms with Gasteiger partial charge in [0.15, 0.2) is 11.4 Å². The first-order chi connectivity index (χ1) is 16.8. The van der Waals surface area contributed by atoms with Crippen LogP contribution in [-0.4, -0.2) is 55.6 Å². The van der Waals surface area contributed by atoms with Crippen LogP contribution in [0.3, 0.4) is 0 Å². The van der Waals surface area contributed by atoms with Crippen LogP contribution < -0.4 is 5.32 Å². The number of amides is 1. The number of rotatable bonds is 5. The molecule has 0 unspecified atom stereocenters. The topological polar surface area (TPSA) is 75.9 Å². The Morgan fingerprint density at radius 2 is 1.97 bits per heavy atom. The molecule has 36 heavy (non-hydrogen) atoms. The Labute approximate surface area is 204 Å². The van der Waals surface area contributed by atoms with E-state index in [1.54, 1.807) is 20.2 Å². The van der Waals surface area contributed by atoms with Crippen LogP contribution in [0.4, 0.5) is 27.8 Å². The highest BCUT2D eigenvalue weighted by Gasteiger charge is 2.47. The van der Waals surface area contributed by atoms with Gasteiger partial charge in [0.05, 0.1) is 25.0 Å². The van der Waals surface area contributed by atoms with E-state index in [0.717, 1.165) is 22.2 Å². The molecule has 1 aliphatic rings. The summed E-state index contributed by atoms with van der Waals surface area (Å²) in [7, 11) is 1.64. The summed E-state index contributed by atoms with van der Waals surface area (Å²) in [6.45, 7) is 2.71. The maximum absolute atomic E-state index is 14.6. The van der Waals surface area contributed by atoms with Crippen LogP contribution >= 0.6 is 0 Å². The number of piperidine rings is 1. The van der Waals surface area contributed by atoms with E-state index in [-0.39, 0.29) is 18.1 Å². The van der Waals surface area contributed by atoms with E-state index in [1.165, 1.54) is 4.68 Å². The molecular weight excluding hydrogens is 483 g/mol. The minimum atomic E-state index is -4.63. The van der Waals surface area contributed by atoms with Gasteiger partial charge in [-0.1, -0.05) is 36.8 Å². The molecule has 0 saturated carbocycles. The molecule has 1 amide bonds. The van der Waals surface area contributed by atoms with Gasteiger partial charge in [-0.25, -0.2) is 18.7 Å². The lowest BCUT2D eigenvalue weighted by Crippen LogP contribution is -2.57. The van der Waals surface area contributed by atoms with Crippen molar-refractivity contribution in [3.05, 3.63) is 59.8 Å². The SMILES string of the molecule is Cc1cccc(-c2cn(C)nc2C(=O)N2CC(F)(F)C[C@@H](C)[C@H]2CNc2cnc(C(F)(F)F)cn2)c1. The van der Waals surface area contributed by atoms with Gasteiger partial charge >= 0.3 is 6.18 Å². The minimum absolute atomic E-state index is 0.00432. The zero-order valence-electron chi connectivity index (χ0n) is 19.9. The van der Waals surface area contributed by atoms with E-state index < -0.39 is 48.6 Å². The first kappa shape index (κ1) is 25.5. The molecule has 3 heterocycles. The number of aromatic nitrogens is 4. The van der Waals surface area contributed by atoms with Gasteiger partial charge in [0.2, 0.25) is 0 Å². The van der Waals surface area contributed by atoms with Gasteiger partial charge in [-0.15, -0.1) is 0 Å². The van der Waals surface area contributed by atoms with E-state index in [0.29, 0.717) is 11.8 Å². The molecule has 12 heteroatoms. The number of alkyl halides is 5. The maximum Gasteiger partial charge on any atom is 0.434 e. The molecule has 1 N–H and O–H groups in total. The minimum Gasteiger partial charge on any atom is -0.367 e. The van der Waals surface area contributed by atoms with Crippen molar-refractivity contribution in [3.8, 4) is 11.1 Å². The summed E-state index contributed by atoms with van der Waals surface area (Å²) in [5.41, 5.74) is 1.13. The predicted octanol–water partition coefficient (Wildman–Crippen LogP) is 4.80. The number of halogens is 5. The van der Waals surface area contributed by atoms with Crippen LogP contribution in [0.2, 0.25) is 0 Å². The van der Waals surface area contributed by atoms with Crippen molar-refractivity contribution in [2.75, 3.05) is 18.4 Å². The van der Waals surface area contributed by atoms with Crippen molar-refractivity contribution in [1.82, 2.24) is 24.6 Å². The molecule has 0 radical (unpaired) electrons. The standard InChI is InChI=1S/C24H25F5N6O/c1-14-5-4-6-16(7-14)17-12-34(3)33-21(17)22(36)35-13-23(25,26)8-15(2)18(35)9-31-20-11-30-19(10-32-20)24(27,28)29/h4-7,10-12,15,18H,8-9,13H2,1-3H3,(H,31,32)/t15-,18-/m1/s1. The molecular formula is C24H25F5N6O. The third-order valence-electron chi connectivity index (χ3n) is 6.14.